The summed E-state index contributed by atoms with van der Waals surface area (Å²) < 4.78 is 0. The zero-order valence-electron chi connectivity index (χ0n) is 13.9. The molecule has 22 heavy (non-hydrogen) atoms. The summed E-state index contributed by atoms with van der Waals surface area (Å²) in [6.45, 7) is 4.65. The van der Waals surface area contributed by atoms with Gasteiger partial charge in [0.05, 0.1) is 0 Å². The van der Waals surface area contributed by atoms with Crippen molar-refractivity contribution in [3.05, 3.63) is 48.0 Å². The minimum Gasteiger partial charge on any atom is -0.354 e. The first-order valence-corrected chi connectivity index (χ1v) is 8.80. The number of fused-ring (bicyclic) bond motifs is 3. The molecule has 1 aromatic heterocycles. The van der Waals surface area contributed by atoms with Crippen molar-refractivity contribution in [2.75, 3.05) is 0 Å². The third kappa shape index (κ3) is 3.04. The molecule has 0 radical (unpaired) electrons. The molecule has 1 unspecified atom stereocenters. The SMILES string of the molecule is CCCCCCCC(C)c1cccc2c1[nH]c1ccccc12. The molecule has 1 nitrogen and oxygen atoms in total. The molecular weight excluding hydrogens is 266 g/mol. The van der Waals surface area contributed by atoms with Crippen molar-refractivity contribution in [3.63, 3.8) is 0 Å². The van der Waals surface area contributed by atoms with Crippen LogP contribution in [0.1, 0.15) is 63.9 Å². The number of hydrogen-bond donors (Lipinski definition) is 1. The van der Waals surface area contributed by atoms with Crippen molar-refractivity contribution in [1.29, 1.82) is 0 Å². The average Bonchev–Trinajstić information content (AvgIpc) is 2.93. The lowest BCUT2D eigenvalue weighted by molar-refractivity contribution is 0.568. The highest BCUT2D eigenvalue weighted by Gasteiger charge is 2.12. The molecule has 0 saturated heterocycles. The number of benzene rings is 2. The summed E-state index contributed by atoms with van der Waals surface area (Å²) >= 11 is 0. The summed E-state index contributed by atoms with van der Waals surface area (Å²) in [7, 11) is 0. The van der Waals surface area contributed by atoms with E-state index in [0.29, 0.717) is 5.92 Å². The molecule has 3 rings (SSSR count). The van der Waals surface area contributed by atoms with Crippen molar-refractivity contribution in [1.82, 2.24) is 4.98 Å². The first kappa shape index (κ1) is 15.1. The van der Waals surface area contributed by atoms with Gasteiger partial charge in [0, 0.05) is 21.8 Å². The van der Waals surface area contributed by atoms with E-state index in [9.17, 15) is 0 Å². The Hall–Kier alpha value is -1.76. The van der Waals surface area contributed by atoms with Crippen molar-refractivity contribution in [2.24, 2.45) is 0 Å². The molecule has 0 aliphatic rings. The zero-order valence-corrected chi connectivity index (χ0v) is 13.9. The number of hydrogen-bond acceptors (Lipinski definition) is 0. The van der Waals surface area contributed by atoms with Gasteiger partial charge in [-0.3, -0.25) is 0 Å². The Morgan fingerprint density at radius 3 is 2.50 bits per heavy atom. The lowest BCUT2D eigenvalue weighted by Crippen LogP contribution is -1.95. The van der Waals surface area contributed by atoms with Crippen molar-refractivity contribution in [2.45, 2.75) is 58.3 Å². The van der Waals surface area contributed by atoms with Crippen LogP contribution in [-0.2, 0) is 0 Å². The number of aromatic nitrogens is 1. The van der Waals surface area contributed by atoms with Crippen LogP contribution < -0.4 is 0 Å². The third-order valence-corrected chi connectivity index (χ3v) is 4.85. The van der Waals surface area contributed by atoms with Gasteiger partial charge in [-0.05, 0) is 24.0 Å². The molecule has 0 amide bonds. The maximum atomic E-state index is 3.64. The molecule has 1 atom stereocenters. The number of para-hydroxylation sites is 2. The Morgan fingerprint density at radius 2 is 1.64 bits per heavy atom. The molecule has 0 spiro atoms. The maximum absolute atomic E-state index is 3.64. The van der Waals surface area contributed by atoms with Gasteiger partial charge in [0.2, 0.25) is 0 Å². The Labute approximate surface area is 133 Å². The normalized spacial score (nSPS) is 13.0. The van der Waals surface area contributed by atoms with E-state index in [1.165, 1.54) is 65.9 Å². The molecule has 116 valence electrons. The summed E-state index contributed by atoms with van der Waals surface area (Å²) in [5.41, 5.74) is 4.06. The highest BCUT2D eigenvalue weighted by molar-refractivity contribution is 6.08. The van der Waals surface area contributed by atoms with Crippen LogP contribution in [0.3, 0.4) is 0 Å². The molecule has 2 aromatic carbocycles. The summed E-state index contributed by atoms with van der Waals surface area (Å²) in [4.78, 5) is 3.64. The lowest BCUT2D eigenvalue weighted by atomic mass is 9.93. The molecule has 0 aliphatic heterocycles. The second-order valence-corrected chi connectivity index (χ2v) is 6.54. The van der Waals surface area contributed by atoms with Crippen LogP contribution in [0.2, 0.25) is 0 Å². The average molecular weight is 293 g/mol. The summed E-state index contributed by atoms with van der Waals surface area (Å²) in [5, 5.41) is 2.71. The van der Waals surface area contributed by atoms with E-state index in [0.717, 1.165) is 0 Å². The second-order valence-electron chi connectivity index (χ2n) is 6.54. The Kier molecular flexibility index (Phi) is 4.82. The van der Waals surface area contributed by atoms with E-state index in [1.807, 2.05) is 0 Å². The fourth-order valence-corrected chi connectivity index (χ4v) is 3.52. The standard InChI is InChI=1S/C21H27N/c1-3-4-5-6-7-11-16(2)17-13-10-14-19-18-12-8-9-15-20(18)22-21(17)19/h8-10,12-16,22H,3-7,11H2,1-2H3. The van der Waals surface area contributed by atoms with Crippen molar-refractivity contribution >= 4 is 21.8 Å². The van der Waals surface area contributed by atoms with Gasteiger partial charge in [0.15, 0.2) is 0 Å². The van der Waals surface area contributed by atoms with Gasteiger partial charge in [-0.15, -0.1) is 0 Å². The van der Waals surface area contributed by atoms with E-state index in [-0.39, 0.29) is 0 Å². The largest absolute Gasteiger partial charge is 0.354 e. The van der Waals surface area contributed by atoms with Crippen LogP contribution in [0.25, 0.3) is 21.8 Å². The number of rotatable bonds is 7. The number of H-pyrrole nitrogens is 1. The minimum atomic E-state index is 0.624. The molecule has 1 heterocycles. The molecule has 0 bridgehead atoms. The van der Waals surface area contributed by atoms with Crippen LogP contribution in [0.5, 0.6) is 0 Å². The van der Waals surface area contributed by atoms with Gasteiger partial charge < -0.3 is 4.98 Å². The molecule has 0 aliphatic carbocycles. The second kappa shape index (κ2) is 7.00. The van der Waals surface area contributed by atoms with E-state index in [1.54, 1.807) is 0 Å². The van der Waals surface area contributed by atoms with Crippen molar-refractivity contribution in [3.8, 4) is 0 Å². The monoisotopic (exact) mass is 293 g/mol. The van der Waals surface area contributed by atoms with Gasteiger partial charge in [-0.1, -0.05) is 82.3 Å². The summed E-state index contributed by atoms with van der Waals surface area (Å²) in [5.74, 6) is 0.624. The fourth-order valence-electron chi connectivity index (χ4n) is 3.52. The van der Waals surface area contributed by atoms with Crippen LogP contribution in [0.15, 0.2) is 42.5 Å². The zero-order chi connectivity index (χ0) is 15.4. The topological polar surface area (TPSA) is 15.8 Å². The third-order valence-electron chi connectivity index (χ3n) is 4.85. The number of nitrogens with one attached hydrogen (secondary N) is 1. The Bertz CT molecular complexity index is 738. The summed E-state index contributed by atoms with van der Waals surface area (Å²) in [6, 6.07) is 15.4. The van der Waals surface area contributed by atoms with Crippen molar-refractivity contribution < 1.29 is 0 Å². The van der Waals surface area contributed by atoms with E-state index in [2.05, 4.69) is 61.3 Å². The first-order valence-electron chi connectivity index (χ1n) is 8.80. The van der Waals surface area contributed by atoms with Gasteiger partial charge in [-0.25, -0.2) is 0 Å². The van der Waals surface area contributed by atoms with E-state index < -0.39 is 0 Å². The maximum Gasteiger partial charge on any atom is 0.0500 e. The van der Waals surface area contributed by atoms with Gasteiger partial charge >= 0.3 is 0 Å². The first-order chi connectivity index (χ1) is 10.8. The van der Waals surface area contributed by atoms with Gasteiger partial charge in [0.25, 0.3) is 0 Å². The molecular formula is C21H27N. The number of unbranched alkanes of at least 4 members (excludes halogenated alkanes) is 4. The molecule has 0 saturated carbocycles. The van der Waals surface area contributed by atoms with Crippen LogP contribution in [0, 0.1) is 0 Å². The van der Waals surface area contributed by atoms with Crippen LogP contribution in [0.4, 0.5) is 0 Å². The minimum absolute atomic E-state index is 0.624. The molecule has 1 heteroatoms. The Balaban J connectivity index is 1.81. The predicted octanol–water partition coefficient (Wildman–Crippen LogP) is 6.79. The highest BCUT2D eigenvalue weighted by Crippen LogP contribution is 2.32. The summed E-state index contributed by atoms with van der Waals surface area (Å²) in [6.07, 6.45) is 8.10. The van der Waals surface area contributed by atoms with Gasteiger partial charge in [0.1, 0.15) is 0 Å². The van der Waals surface area contributed by atoms with Crippen LogP contribution in [-0.4, -0.2) is 4.98 Å². The van der Waals surface area contributed by atoms with Crippen LogP contribution >= 0.6 is 0 Å². The Morgan fingerprint density at radius 1 is 0.864 bits per heavy atom. The predicted molar refractivity (Wildman–Crippen MR) is 97.6 cm³/mol. The lowest BCUT2D eigenvalue weighted by Gasteiger charge is -2.13. The number of aromatic amines is 1. The molecule has 1 N–H and O–H groups in total. The molecule has 0 fully saturated rings. The van der Waals surface area contributed by atoms with Gasteiger partial charge in [-0.2, -0.15) is 0 Å². The highest BCUT2D eigenvalue weighted by atomic mass is 14.7. The van der Waals surface area contributed by atoms with E-state index in [4.69, 9.17) is 0 Å². The fraction of sp³-hybridized carbons (Fsp3) is 0.429. The quantitative estimate of drug-likeness (QED) is 0.462. The molecule has 3 aromatic rings. The van der Waals surface area contributed by atoms with E-state index >= 15 is 0 Å². The smallest absolute Gasteiger partial charge is 0.0500 e.